The zero-order valence-electron chi connectivity index (χ0n) is 6.34. The van der Waals surface area contributed by atoms with Gasteiger partial charge in [-0.3, -0.25) is 9.69 Å². The number of hydrogen-bond acceptors (Lipinski definition) is 2. The minimum atomic E-state index is 0.430. The van der Waals surface area contributed by atoms with Crippen molar-refractivity contribution >= 4 is 5.78 Å². The molecule has 2 fully saturated rings. The van der Waals surface area contributed by atoms with E-state index in [1.807, 2.05) is 0 Å². The summed E-state index contributed by atoms with van der Waals surface area (Å²) in [4.78, 5) is 13.2. The molecule has 2 nitrogen and oxygen atoms in total. The van der Waals surface area contributed by atoms with Crippen LogP contribution in [0, 0.1) is 5.92 Å². The van der Waals surface area contributed by atoms with Crippen LogP contribution in [-0.4, -0.2) is 30.3 Å². The number of hydrogen-bond donors (Lipinski definition) is 0. The van der Waals surface area contributed by atoms with Gasteiger partial charge in [-0.25, -0.2) is 0 Å². The summed E-state index contributed by atoms with van der Waals surface area (Å²) in [6, 6.07) is 0.604. The number of nitrogens with zero attached hydrogens (tertiary/aromatic N) is 1. The van der Waals surface area contributed by atoms with Crippen LogP contribution >= 0.6 is 0 Å². The highest BCUT2D eigenvalue weighted by molar-refractivity contribution is 5.83. The van der Waals surface area contributed by atoms with Gasteiger partial charge in [0, 0.05) is 12.5 Å². The summed E-state index contributed by atoms with van der Waals surface area (Å²) in [5.74, 6) is 1.29. The molecule has 2 aliphatic rings. The Morgan fingerprint density at radius 3 is 2.60 bits per heavy atom. The number of likely N-dealkylation sites (N-methyl/N-ethyl adjacent to an activating group) is 1. The molecule has 0 aromatic carbocycles. The molecule has 0 amide bonds. The van der Waals surface area contributed by atoms with Gasteiger partial charge in [-0.15, -0.1) is 0 Å². The number of carbonyl (C=O) groups is 1. The molecular formula is C8H13NO. The van der Waals surface area contributed by atoms with E-state index in [-0.39, 0.29) is 0 Å². The van der Waals surface area contributed by atoms with Crippen LogP contribution in [-0.2, 0) is 4.79 Å². The molecule has 1 heterocycles. The molecule has 0 N–H and O–H groups in total. The average molecular weight is 139 g/mol. The number of Topliss-reactive ketones (excluding diaryl/α,β-unsaturated/α-hetero) is 1. The fraction of sp³-hybridized carbons (Fsp3) is 0.875. The third-order valence-electron chi connectivity index (χ3n) is 2.59. The van der Waals surface area contributed by atoms with Crippen molar-refractivity contribution in [1.29, 1.82) is 0 Å². The van der Waals surface area contributed by atoms with Crippen LogP contribution in [0.25, 0.3) is 0 Å². The van der Waals surface area contributed by atoms with Gasteiger partial charge in [0.15, 0.2) is 0 Å². The first-order chi connectivity index (χ1) is 4.77. The third-order valence-corrected chi connectivity index (χ3v) is 2.59. The van der Waals surface area contributed by atoms with Gasteiger partial charge < -0.3 is 0 Å². The lowest BCUT2D eigenvalue weighted by Gasteiger charge is -2.16. The Morgan fingerprint density at radius 2 is 2.20 bits per heavy atom. The fourth-order valence-electron chi connectivity index (χ4n) is 1.86. The van der Waals surface area contributed by atoms with Gasteiger partial charge in [-0.2, -0.15) is 0 Å². The molecule has 2 rings (SSSR count). The molecule has 0 radical (unpaired) electrons. The van der Waals surface area contributed by atoms with Gasteiger partial charge in [0.05, 0.1) is 6.54 Å². The maximum Gasteiger partial charge on any atom is 0.148 e. The lowest BCUT2D eigenvalue weighted by Crippen LogP contribution is -2.26. The summed E-state index contributed by atoms with van der Waals surface area (Å²) in [6.07, 6.45) is 3.52. The number of likely N-dealkylation sites (tertiary alicyclic amines) is 1. The average Bonchev–Trinajstić information content (AvgIpc) is 2.61. The van der Waals surface area contributed by atoms with E-state index in [1.54, 1.807) is 0 Å². The van der Waals surface area contributed by atoms with E-state index in [4.69, 9.17) is 0 Å². The molecule has 0 aromatic heterocycles. The van der Waals surface area contributed by atoms with Crippen molar-refractivity contribution in [3.05, 3.63) is 0 Å². The maximum atomic E-state index is 11.0. The Balaban J connectivity index is 2.01. The van der Waals surface area contributed by atoms with Gasteiger partial charge in [-0.05, 0) is 25.8 Å². The fourth-order valence-corrected chi connectivity index (χ4v) is 1.86. The summed E-state index contributed by atoms with van der Waals surface area (Å²) in [5.41, 5.74) is 0. The van der Waals surface area contributed by atoms with Crippen LogP contribution in [0.4, 0.5) is 0 Å². The van der Waals surface area contributed by atoms with E-state index in [9.17, 15) is 4.79 Å². The molecule has 1 aliphatic heterocycles. The lowest BCUT2D eigenvalue weighted by atomic mass is 10.1. The van der Waals surface area contributed by atoms with E-state index >= 15 is 0 Å². The SMILES string of the molecule is CN1CC(=O)CC1C1CC1. The van der Waals surface area contributed by atoms with E-state index in [2.05, 4.69) is 11.9 Å². The molecule has 1 atom stereocenters. The van der Waals surface area contributed by atoms with Crippen molar-refractivity contribution in [3.8, 4) is 0 Å². The van der Waals surface area contributed by atoms with Gasteiger partial charge in [-0.1, -0.05) is 0 Å². The second-order valence-electron chi connectivity index (χ2n) is 3.56. The van der Waals surface area contributed by atoms with E-state index in [1.165, 1.54) is 12.8 Å². The second kappa shape index (κ2) is 2.06. The normalized spacial score (nSPS) is 35.3. The topological polar surface area (TPSA) is 20.3 Å². The van der Waals surface area contributed by atoms with Crippen molar-refractivity contribution in [1.82, 2.24) is 4.90 Å². The van der Waals surface area contributed by atoms with E-state index in [0.29, 0.717) is 18.4 Å². The molecule has 1 saturated carbocycles. The van der Waals surface area contributed by atoms with Crippen molar-refractivity contribution in [2.75, 3.05) is 13.6 Å². The third kappa shape index (κ3) is 0.966. The molecule has 1 unspecified atom stereocenters. The Labute approximate surface area is 61.2 Å². The van der Waals surface area contributed by atoms with Crippen LogP contribution in [0.3, 0.4) is 0 Å². The van der Waals surface area contributed by atoms with Gasteiger partial charge in [0.2, 0.25) is 0 Å². The Hall–Kier alpha value is -0.370. The van der Waals surface area contributed by atoms with Crippen LogP contribution < -0.4 is 0 Å². The standard InChI is InChI=1S/C8H13NO/c1-9-5-7(10)4-8(9)6-2-3-6/h6,8H,2-5H2,1H3. The Morgan fingerprint density at radius 1 is 1.50 bits per heavy atom. The van der Waals surface area contributed by atoms with Crippen molar-refractivity contribution in [3.63, 3.8) is 0 Å². The number of rotatable bonds is 1. The van der Waals surface area contributed by atoms with Crippen LogP contribution in [0.15, 0.2) is 0 Å². The van der Waals surface area contributed by atoms with Crippen LogP contribution in [0.2, 0.25) is 0 Å². The molecular weight excluding hydrogens is 126 g/mol. The summed E-state index contributed by atoms with van der Waals surface area (Å²) in [5, 5.41) is 0. The Bertz CT molecular complexity index is 163. The Kier molecular flexibility index (Phi) is 1.31. The monoisotopic (exact) mass is 139 g/mol. The molecule has 0 bridgehead atoms. The van der Waals surface area contributed by atoms with E-state index < -0.39 is 0 Å². The lowest BCUT2D eigenvalue weighted by molar-refractivity contribution is -0.116. The molecule has 1 saturated heterocycles. The number of carbonyl (C=O) groups excluding carboxylic acids is 1. The van der Waals surface area contributed by atoms with Crippen molar-refractivity contribution in [2.24, 2.45) is 5.92 Å². The predicted octanol–water partition coefficient (Wildman–Crippen LogP) is 0.670. The zero-order chi connectivity index (χ0) is 7.14. The number of ketones is 1. The molecule has 2 heteroatoms. The highest BCUT2D eigenvalue weighted by Gasteiger charge is 2.39. The zero-order valence-corrected chi connectivity index (χ0v) is 6.34. The first-order valence-corrected chi connectivity index (χ1v) is 3.99. The minimum Gasteiger partial charge on any atom is -0.298 e. The molecule has 0 spiro atoms. The summed E-state index contributed by atoms with van der Waals surface area (Å²) < 4.78 is 0. The first kappa shape index (κ1) is 6.35. The van der Waals surface area contributed by atoms with Crippen LogP contribution in [0.5, 0.6) is 0 Å². The minimum absolute atomic E-state index is 0.430. The second-order valence-corrected chi connectivity index (χ2v) is 3.56. The largest absolute Gasteiger partial charge is 0.298 e. The first-order valence-electron chi connectivity index (χ1n) is 3.99. The quantitative estimate of drug-likeness (QED) is 0.532. The van der Waals surface area contributed by atoms with Crippen molar-refractivity contribution in [2.45, 2.75) is 25.3 Å². The summed E-state index contributed by atoms with van der Waals surface area (Å²) in [6.45, 7) is 0.696. The van der Waals surface area contributed by atoms with Crippen LogP contribution in [0.1, 0.15) is 19.3 Å². The van der Waals surface area contributed by atoms with Gasteiger partial charge in [0.1, 0.15) is 5.78 Å². The molecule has 1 aliphatic carbocycles. The smallest absolute Gasteiger partial charge is 0.148 e. The molecule has 56 valence electrons. The van der Waals surface area contributed by atoms with Gasteiger partial charge in [0.25, 0.3) is 0 Å². The predicted molar refractivity (Wildman–Crippen MR) is 38.8 cm³/mol. The summed E-state index contributed by atoms with van der Waals surface area (Å²) >= 11 is 0. The van der Waals surface area contributed by atoms with Gasteiger partial charge >= 0.3 is 0 Å². The summed E-state index contributed by atoms with van der Waals surface area (Å²) in [7, 11) is 2.06. The molecule has 10 heavy (non-hydrogen) atoms. The molecule has 0 aromatic rings. The maximum absolute atomic E-state index is 11.0. The van der Waals surface area contributed by atoms with E-state index in [0.717, 1.165) is 12.3 Å². The van der Waals surface area contributed by atoms with Crippen molar-refractivity contribution < 1.29 is 4.79 Å². The highest BCUT2D eigenvalue weighted by atomic mass is 16.1. The highest BCUT2D eigenvalue weighted by Crippen LogP contribution is 2.38.